The van der Waals surface area contributed by atoms with E-state index in [0.29, 0.717) is 12.4 Å². The van der Waals surface area contributed by atoms with Gasteiger partial charge in [-0.3, -0.25) is 4.79 Å². The molecule has 0 unspecified atom stereocenters. The summed E-state index contributed by atoms with van der Waals surface area (Å²) in [5, 5.41) is 2.48. The van der Waals surface area contributed by atoms with Gasteiger partial charge in [-0.15, -0.1) is 0 Å². The molecular weight excluding hydrogens is 218 g/mol. The van der Waals surface area contributed by atoms with E-state index in [2.05, 4.69) is 11.9 Å². The lowest BCUT2D eigenvalue weighted by Gasteiger charge is -2.08. The van der Waals surface area contributed by atoms with Crippen molar-refractivity contribution in [2.24, 2.45) is 0 Å². The molecule has 4 heteroatoms. The molecule has 92 valence electrons. The fraction of sp³-hybridized carbons (Fsp3) is 0.308. The van der Waals surface area contributed by atoms with Gasteiger partial charge in [-0.2, -0.15) is 0 Å². The zero-order chi connectivity index (χ0) is 12.7. The first-order valence-electron chi connectivity index (χ1n) is 5.32. The highest BCUT2D eigenvalue weighted by Crippen LogP contribution is 2.17. The van der Waals surface area contributed by atoms with Gasteiger partial charge in [0.2, 0.25) is 0 Å². The Labute approximate surface area is 101 Å². The first kappa shape index (κ1) is 13.1. The van der Waals surface area contributed by atoms with Gasteiger partial charge in [0.05, 0.1) is 0 Å². The molecule has 1 aromatic rings. The molecule has 0 fully saturated rings. The number of benzene rings is 1. The molecule has 1 aromatic carbocycles. The molecule has 0 bridgehead atoms. The molecule has 1 N–H and O–H groups in total. The Morgan fingerprint density at radius 1 is 1.18 bits per heavy atom. The van der Waals surface area contributed by atoms with Crippen LogP contribution in [-0.4, -0.2) is 26.2 Å². The molecule has 0 aromatic heterocycles. The van der Waals surface area contributed by atoms with Crippen molar-refractivity contribution in [2.75, 3.05) is 20.3 Å². The van der Waals surface area contributed by atoms with Crippen molar-refractivity contribution in [3.05, 3.63) is 36.4 Å². The summed E-state index contributed by atoms with van der Waals surface area (Å²) < 4.78 is 10.7. The van der Waals surface area contributed by atoms with E-state index in [-0.39, 0.29) is 12.5 Å². The van der Waals surface area contributed by atoms with Gasteiger partial charge in [-0.05, 0) is 36.8 Å². The van der Waals surface area contributed by atoms with Crippen LogP contribution < -0.4 is 14.8 Å². The highest BCUT2D eigenvalue weighted by Gasteiger charge is 2.00. The van der Waals surface area contributed by atoms with Gasteiger partial charge >= 0.3 is 0 Å². The maximum absolute atomic E-state index is 11.0. The van der Waals surface area contributed by atoms with Crippen LogP contribution in [0.25, 0.3) is 0 Å². The first-order valence-corrected chi connectivity index (χ1v) is 5.32. The minimum absolute atomic E-state index is 0.0163. The van der Waals surface area contributed by atoms with Gasteiger partial charge in [0.1, 0.15) is 18.1 Å². The van der Waals surface area contributed by atoms with Crippen molar-refractivity contribution in [3.8, 4) is 11.5 Å². The third kappa shape index (κ3) is 5.06. The minimum Gasteiger partial charge on any atom is -0.489 e. The zero-order valence-corrected chi connectivity index (χ0v) is 10.2. The predicted octanol–water partition coefficient (Wildman–Crippen LogP) is 1.77. The van der Waals surface area contributed by atoms with E-state index in [1.807, 2.05) is 6.92 Å². The second-order valence-electron chi connectivity index (χ2n) is 3.68. The van der Waals surface area contributed by atoms with Crippen LogP contribution >= 0.6 is 0 Å². The van der Waals surface area contributed by atoms with E-state index in [9.17, 15) is 4.79 Å². The van der Waals surface area contributed by atoms with Crippen LogP contribution in [0.2, 0.25) is 0 Å². The molecule has 0 spiro atoms. The summed E-state index contributed by atoms with van der Waals surface area (Å²) in [4.78, 5) is 11.0. The molecule has 0 aliphatic carbocycles. The molecule has 0 heterocycles. The largest absolute Gasteiger partial charge is 0.489 e. The van der Waals surface area contributed by atoms with Crippen LogP contribution in [0.4, 0.5) is 0 Å². The van der Waals surface area contributed by atoms with E-state index in [0.717, 1.165) is 11.3 Å². The quantitative estimate of drug-likeness (QED) is 0.764. The van der Waals surface area contributed by atoms with Crippen molar-refractivity contribution in [1.29, 1.82) is 0 Å². The van der Waals surface area contributed by atoms with E-state index >= 15 is 0 Å². The second-order valence-corrected chi connectivity index (χ2v) is 3.68. The van der Waals surface area contributed by atoms with Gasteiger partial charge < -0.3 is 14.8 Å². The average Bonchev–Trinajstić information content (AvgIpc) is 2.34. The van der Waals surface area contributed by atoms with Crippen molar-refractivity contribution in [3.63, 3.8) is 0 Å². The molecule has 0 aliphatic rings. The third-order valence-electron chi connectivity index (χ3n) is 1.96. The van der Waals surface area contributed by atoms with Crippen molar-refractivity contribution >= 4 is 5.91 Å². The molecule has 4 nitrogen and oxygen atoms in total. The number of carbonyl (C=O) groups is 1. The Hall–Kier alpha value is -1.97. The van der Waals surface area contributed by atoms with E-state index in [4.69, 9.17) is 9.47 Å². The summed E-state index contributed by atoms with van der Waals surface area (Å²) in [7, 11) is 1.57. The summed E-state index contributed by atoms with van der Waals surface area (Å²) in [5.74, 6) is 1.23. The number of hydrogen-bond acceptors (Lipinski definition) is 3. The first-order chi connectivity index (χ1) is 8.11. The SMILES string of the molecule is C=C(C)COc1ccc(OCC(=O)NC)cc1. The highest BCUT2D eigenvalue weighted by molar-refractivity contribution is 5.77. The molecule has 0 atom stereocenters. The number of likely N-dealkylation sites (N-methyl/N-ethyl adjacent to an activating group) is 1. The fourth-order valence-electron chi connectivity index (χ4n) is 1.06. The Balaban J connectivity index is 2.44. The van der Waals surface area contributed by atoms with Gasteiger partial charge in [-0.25, -0.2) is 0 Å². The third-order valence-corrected chi connectivity index (χ3v) is 1.96. The molecule has 0 aliphatic heterocycles. The Morgan fingerprint density at radius 3 is 2.06 bits per heavy atom. The van der Waals surface area contributed by atoms with Gasteiger partial charge in [0, 0.05) is 7.05 Å². The Morgan fingerprint density at radius 2 is 1.65 bits per heavy atom. The van der Waals surface area contributed by atoms with Crippen LogP contribution in [0.3, 0.4) is 0 Å². The lowest BCUT2D eigenvalue weighted by molar-refractivity contribution is -0.122. The van der Waals surface area contributed by atoms with Crippen LogP contribution in [0.1, 0.15) is 6.92 Å². The number of hydrogen-bond donors (Lipinski definition) is 1. The highest BCUT2D eigenvalue weighted by atomic mass is 16.5. The summed E-state index contributed by atoms with van der Waals surface area (Å²) >= 11 is 0. The molecule has 0 radical (unpaired) electrons. The standard InChI is InChI=1S/C13H17NO3/c1-10(2)8-16-11-4-6-12(7-5-11)17-9-13(15)14-3/h4-7H,1,8-9H2,2-3H3,(H,14,15). The average molecular weight is 235 g/mol. The molecular formula is C13H17NO3. The second kappa shape index (κ2) is 6.58. The maximum atomic E-state index is 11.0. The predicted molar refractivity (Wildman–Crippen MR) is 66.3 cm³/mol. The summed E-state index contributed by atoms with van der Waals surface area (Å²) in [5.41, 5.74) is 0.963. The zero-order valence-electron chi connectivity index (χ0n) is 10.2. The normalized spacial score (nSPS) is 9.53. The number of ether oxygens (including phenoxy) is 2. The molecule has 0 saturated heterocycles. The van der Waals surface area contributed by atoms with Crippen LogP contribution in [0, 0.1) is 0 Å². The molecule has 17 heavy (non-hydrogen) atoms. The van der Waals surface area contributed by atoms with E-state index < -0.39 is 0 Å². The van der Waals surface area contributed by atoms with Gasteiger partial charge in [-0.1, -0.05) is 6.58 Å². The van der Waals surface area contributed by atoms with Gasteiger partial charge in [0.15, 0.2) is 6.61 Å². The van der Waals surface area contributed by atoms with E-state index in [1.165, 1.54) is 0 Å². The Kier molecular flexibility index (Phi) is 5.07. The van der Waals surface area contributed by atoms with Crippen molar-refractivity contribution in [2.45, 2.75) is 6.92 Å². The van der Waals surface area contributed by atoms with E-state index in [1.54, 1.807) is 31.3 Å². The van der Waals surface area contributed by atoms with Crippen molar-refractivity contribution < 1.29 is 14.3 Å². The monoisotopic (exact) mass is 235 g/mol. The lowest BCUT2D eigenvalue weighted by Crippen LogP contribution is -2.24. The molecule has 0 saturated carbocycles. The topological polar surface area (TPSA) is 47.6 Å². The van der Waals surface area contributed by atoms with Crippen LogP contribution in [-0.2, 0) is 4.79 Å². The number of nitrogens with one attached hydrogen (secondary N) is 1. The summed E-state index contributed by atoms with van der Waals surface area (Å²) in [6, 6.07) is 7.11. The minimum atomic E-state index is -0.160. The molecule has 1 amide bonds. The number of rotatable bonds is 6. The number of carbonyl (C=O) groups excluding carboxylic acids is 1. The fourth-order valence-corrected chi connectivity index (χ4v) is 1.06. The van der Waals surface area contributed by atoms with Crippen LogP contribution in [0.15, 0.2) is 36.4 Å². The smallest absolute Gasteiger partial charge is 0.257 e. The number of amides is 1. The van der Waals surface area contributed by atoms with Crippen molar-refractivity contribution in [1.82, 2.24) is 5.32 Å². The van der Waals surface area contributed by atoms with Crippen LogP contribution in [0.5, 0.6) is 11.5 Å². The summed E-state index contributed by atoms with van der Waals surface area (Å²) in [6.07, 6.45) is 0. The maximum Gasteiger partial charge on any atom is 0.257 e. The summed E-state index contributed by atoms with van der Waals surface area (Å²) in [6.45, 7) is 6.17. The van der Waals surface area contributed by atoms with Gasteiger partial charge in [0.25, 0.3) is 5.91 Å². The molecule has 1 rings (SSSR count). The Bertz CT molecular complexity index is 384. The lowest BCUT2D eigenvalue weighted by atomic mass is 10.3.